The molecule has 2 aliphatic rings. The Morgan fingerprint density at radius 3 is 2.77 bits per heavy atom. The number of carbonyl (C=O) groups is 1. The van der Waals surface area contributed by atoms with Crippen LogP contribution in [0.25, 0.3) is 0 Å². The molecule has 1 aromatic heterocycles. The molecule has 2 aromatic carbocycles. The first-order valence-electron chi connectivity index (χ1n) is 10.7. The van der Waals surface area contributed by atoms with Crippen molar-refractivity contribution in [3.8, 4) is 5.75 Å². The van der Waals surface area contributed by atoms with Gasteiger partial charge in [-0.3, -0.25) is 4.79 Å². The topological polar surface area (TPSA) is 63.9 Å². The lowest BCUT2D eigenvalue weighted by molar-refractivity contribution is 0.0461. The van der Waals surface area contributed by atoms with Crippen LogP contribution in [0.2, 0.25) is 0 Å². The van der Waals surface area contributed by atoms with Crippen molar-refractivity contribution in [3.05, 3.63) is 83.8 Å². The van der Waals surface area contributed by atoms with Crippen molar-refractivity contribution in [3.63, 3.8) is 0 Å². The number of furan rings is 1. The molecule has 0 saturated carbocycles. The fourth-order valence-electron chi connectivity index (χ4n) is 4.41. The Labute approximate surface area is 181 Å². The van der Waals surface area contributed by atoms with Crippen molar-refractivity contribution in [2.75, 3.05) is 18.5 Å². The Hall–Kier alpha value is -3.25. The number of anilines is 1. The van der Waals surface area contributed by atoms with Gasteiger partial charge in [-0.15, -0.1) is 0 Å². The van der Waals surface area contributed by atoms with Gasteiger partial charge in [0, 0.05) is 17.9 Å². The van der Waals surface area contributed by atoms with Crippen molar-refractivity contribution in [1.82, 2.24) is 4.90 Å². The summed E-state index contributed by atoms with van der Waals surface area (Å²) in [6, 6.07) is 19.2. The molecule has 0 spiro atoms. The third-order valence-corrected chi connectivity index (χ3v) is 6.07. The zero-order valence-corrected chi connectivity index (χ0v) is 17.5. The Balaban J connectivity index is 1.54. The maximum atomic E-state index is 13.6. The Morgan fingerprint density at radius 1 is 1.13 bits per heavy atom. The number of carbonyl (C=O) groups excluding carboxylic acids is 1. The molecular weight excluding hydrogens is 392 g/mol. The lowest BCUT2D eigenvalue weighted by Gasteiger charge is -2.46. The van der Waals surface area contributed by atoms with E-state index in [1.54, 1.807) is 6.26 Å². The van der Waals surface area contributed by atoms with E-state index in [4.69, 9.17) is 13.9 Å². The molecule has 1 N–H and O–H groups in total. The highest BCUT2D eigenvalue weighted by Gasteiger charge is 2.44. The van der Waals surface area contributed by atoms with Crippen molar-refractivity contribution in [1.29, 1.82) is 0 Å². The standard InChI is InChI=1S/C25H26N2O4/c1-25(21-11-3-5-13-23(21)31-17-19-9-7-15-30-19)26-22-12-4-2-10-20(22)24(28)27(25)16-18-8-6-14-29-18/h2-6,8,10-14,19,26H,7,9,15-17H2,1H3. The van der Waals surface area contributed by atoms with Gasteiger partial charge in [0.15, 0.2) is 0 Å². The maximum absolute atomic E-state index is 13.6. The summed E-state index contributed by atoms with van der Waals surface area (Å²) in [6.45, 7) is 3.63. The van der Waals surface area contributed by atoms with E-state index in [0.717, 1.165) is 42.2 Å². The Kier molecular flexibility index (Phi) is 5.16. The summed E-state index contributed by atoms with van der Waals surface area (Å²) in [4.78, 5) is 15.4. The Morgan fingerprint density at radius 2 is 1.97 bits per heavy atom. The van der Waals surface area contributed by atoms with Crippen LogP contribution < -0.4 is 10.1 Å². The van der Waals surface area contributed by atoms with Gasteiger partial charge in [-0.2, -0.15) is 0 Å². The van der Waals surface area contributed by atoms with Crippen molar-refractivity contribution in [2.45, 2.75) is 38.1 Å². The molecule has 0 bridgehead atoms. The van der Waals surface area contributed by atoms with Crippen molar-refractivity contribution < 1.29 is 18.7 Å². The van der Waals surface area contributed by atoms with E-state index in [0.29, 0.717) is 18.7 Å². The third kappa shape index (κ3) is 3.68. The van der Waals surface area contributed by atoms with Crippen molar-refractivity contribution >= 4 is 11.6 Å². The monoisotopic (exact) mass is 418 g/mol. The van der Waals surface area contributed by atoms with Gasteiger partial charge in [0.25, 0.3) is 5.91 Å². The first-order valence-corrected chi connectivity index (χ1v) is 10.7. The molecular formula is C25H26N2O4. The number of amides is 1. The first-order chi connectivity index (χ1) is 15.1. The molecule has 5 rings (SSSR count). The molecule has 2 unspecified atom stereocenters. The van der Waals surface area contributed by atoms with Gasteiger partial charge in [-0.1, -0.05) is 30.3 Å². The molecule has 2 aliphatic heterocycles. The predicted octanol–water partition coefficient (Wildman–Crippen LogP) is 4.78. The molecule has 6 nitrogen and oxygen atoms in total. The number of hydrogen-bond acceptors (Lipinski definition) is 5. The van der Waals surface area contributed by atoms with Gasteiger partial charge in [0.2, 0.25) is 0 Å². The second kappa shape index (κ2) is 8.12. The zero-order chi connectivity index (χ0) is 21.3. The molecule has 160 valence electrons. The van der Waals surface area contributed by atoms with E-state index >= 15 is 0 Å². The van der Waals surface area contributed by atoms with Crippen LogP contribution in [-0.2, 0) is 16.9 Å². The Bertz CT molecular complexity index is 1060. The van der Waals surface area contributed by atoms with Gasteiger partial charge in [0.05, 0.1) is 24.5 Å². The van der Waals surface area contributed by atoms with Crippen LogP contribution in [0.4, 0.5) is 5.69 Å². The summed E-state index contributed by atoms with van der Waals surface area (Å²) in [5.74, 6) is 1.41. The van der Waals surface area contributed by atoms with Crippen LogP contribution >= 0.6 is 0 Å². The van der Waals surface area contributed by atoms with Crippen LogP contribution in [0.5, 0.6) is 5.75 Å². The molecule has 1 fully saturated rings. The third-order valence-electron chi connectivity index (χ3n) is 6.07. The minimum atomic E-state index is -0.828. The quantitative estimate of drug-likeness (QED) is 0.624. The van der Waals surface area contributed by atoms with Gasteiger partial charge >= 0.3 is 0 Å². The largest absolute Gasteiger partial charge is 0.490 e. The zero-order valence-electron chi connectivity index (χ0n) is 17.5. The predicted molar refractivity (Wildman–Crippen MR) is 117 cm³/mol. The number of nitrogens with zero attached hydrogens (tertiary/aromatic N) is 1. The smallest absolute Gasteiger partial charge is 0.258 e. The molecule has 1 saturated heterocycles. The summed E-state index contributed by atoms with van der Waals surface area (Å²) in [5, 5.41) is 3.60. The molecule has 31 heavy (non-hydrogen) atoms. The lowest BCUT2D eigenvalue weighted by atomic mass is 9.92. The normalized spacial score (nSPS) is 22.8. The SMILES string of the molecule is CC1(c2ccccc2OCC2CCCO2)Nc2ccccc2C(=O)N1Cc1ccco1. The van der Waals surface area contributed by atoms with E-state index in [2.05, 4.69) is 5.32 Å². The van der Waals surface area contributed by atoms with E-state index in [9.17, 15) is 4.79 Å². The minimum absolute atomic E-state index is 0.0535. The average Bonchev–Trinajstić information content (AvgIpc) is 3.50. The first kappa shape index (κ1) is 19.7. The summed E-state index contributed by atoms with van der Waals surface area (Å²) in [5.41, 5.74) is 1.51. The maximum Gasteiger partial charge on any atom is 0.258 e. The summed E-state index contributed by atoms with van der Waals surface area (Å²) in [7, 11) is 0. The number of nitrogens with one attached hydrogen (secondary N) is 1. The van der Waals surface area contributed by atoms with Crippen LogP contribution in [0.1, 0.15) is 41.4 Å². The minimum Gasteiger partial charge on any atom is -0.490 e. The number of para-hydroxylation sites is 2. The fourth-order valence-corrected chi connectivity index (χ4v) is 4.41. The van der Waals surface area contributed by atoms with Crippen LogP contribution in [0.15, 0.2) is 71.3 Å². The number of ether oxygens (including phenoxy) is 2. The highest BCUT2D eigenvalue weighted by molar-refractivity contribution is 6.02. The molecule has 3 aromatic rings. The van der Waals surface area contributed by atoms with Crippen LogP contribution in [0.3, 0.4) is 0 Å². The van der Waals surface area contributed by atoms with Gasteiger partial charge in [-0.05, 0) is 50.1 Å². The van der Waals surface area contributed by atoms with Crippen LogP contribution in [-0.4, -0.2) is 30.1 Å². The highest BCUT2D eigenvalue weighted by Crippen LogP contribution is 2.42. The summed E-state index contributed by atoms with van der Waals surface area (Å²) >= 11 is 0. The van der Waals surface area contributed by atoms with Crippen molar-refractivity contribution in [2.24, 2.45) is 0 Å². The molecule has 0 radical (unpaired) electrons. The van der Waals surface area contributed by atoms with E-state index in [1.165, 1.54) is 0 Å². The second-order valence-corrected chi connectivity index (χ2v) is 8.16. The number of rotatable bonds is 6. The number of hydrogen-bond donors (Lipinski definition) is 1. The van der Waals surface area contributed by atoms with Gasteiger partial charge < -0.3 is 24.1 Å². The average molecular weight is 418 g/mol. The highest BCUT2D eigenvalue weighted by atomic mass is 16.5. The lowest BCUT2D eigenvalue weighted by Crippen LogP contribution is -2.55. The van der Waals surface area contributed by atoms with Crippen LogP contribution in [0, 0.1) is 0 Å². The molecule has 2 atom stereocenters. The number of fused-ring (bicyclic) bond motifs is 1. The van der Waals surface area contributed by atoms with Gasteiger partial charge in [0.1, 0.15) is 23.8 Å². The molecule has 3 heterocycles. The summed E-state index contributed by atoms with van der Waals surface area (Å²) in [6.07, 6.45) is 3.81. The molecule has 0 aliphatic carbocycles. The van der Waals surface area contributed by atoms with E-state index in [-0.39, 0.29) is 12.0 Å². The molecule has 1 amide bonds. The van der Waals surface area contributed by atoms with E-state index < -0.39 is 5.66 Å². The van der Waals surface area contributed by atoms with E-state index in [1.807, 2.05) is 72.5 Å². The second-order valence-electron chi connectivity index (χ2n) is 8.16. The summed E-state index contributed by atoms with van der Waals surface area (Å²) < 4.78 is 17.5. The molecule has 6 heteroatoms. The fraction of sp³-hybridized carbons (Fsp3) is 0.320. The number of benzene rings is 2. The van der Waals surface area contributed by atoms with Gasteiger partial charge in [-0.25, -0.2) is 0 Å².